The van der Waals surface area contributed by atoms with Gasteiger partial charge in [-0.05, 0) is 47.9 Å². The van der Waals surface area contributed by atoms with Gasteiger partial charge in [0.2, 0.25) is 0 Å². The van der Waals surface area contributed by atoms with Crippen LogP contribution < -0.4 is 9.47 Å². The molecule has 0 saturated carbocycles. The van der Waals surface area contributed by atoms with Crippen LogP contribution in [-0.2, 0) is 0 Å². The number of alkyl halides is 1. The molecule has 0 aliphatic carbocycles. The van der Waals surface area contributed by atoms with Crippen LogP contribution in [0.4, 0.5) is 0 Å². The molecule has 0 aliphatic heterocycles. The molecule has 0 saturated heterocycles. The molecule has 0 aliphatic rings. The molecule has 0 heterocycles. The molecule has 21 heavy (non-hydrogen) atoms. The summed E-state index contributed by atoms with van der Waals surface area (Å²) < 4.78 is 11.5. The molecular formula is C16H15BrCl2O2. The van der Waals surface area contributed by atoms with E-state index in [-0.39, 0.29) is 5.38 Å². The van der Waals surface area contributed by atoms with Crippen LogP contribution in [0, 0.1) is 6.92 Å². The first-order valence-corrected chi connectivity index (χ1v) is 7.90. The third-order valence-corrected chi connectivity index (χ3v) is 4.67. The quantitative estimate of drug-likeness (QED) is 0.619. The second-order valence-corrected chi connectivity index (χ2v) is 6.32. The monoisotopic (exact) mass is 388 g/mol. The molecule has 2 rings (SSSR count). The molecule has 0 radical (unpaired) electrons. The molecule has 2 nitrogen and oxygen atoms in total. The van der Waals surface area contributed by atoms with Crippen molar-refractivity contribution >= 4 is 39.1 Å². The van der Waals surface area contributed by atoms with Gasteiger partial charge in [0.15, 0.2) is 11.5 Å². The van der Waals surface area contributed by atoms with Crippen LogP contribution in [0.5, 0.6) is 11.5 Å². The maximum Gasteiger partial charge on any atom is 0.161 e. The lowest BCUT2D eigenvalue weighted by molar-refractivity contribution is 0.354. The van der Waals surface area contributed by atoms with Crippen LogP contribution in [0.1, 0.15) is 22.1 Å². The largest absolute Gasteiger partial charge is 0.493 e. The third kappa shape index (κ3) is 3.47. The molecule has 2 aromatic carbocycles. The van der Waals surface area contributed by atoms with Gasteiger partial charge in [0, 0.05) is 9.50 Å². The Morgan fingerprint density at radius 3 is 2.19 bits per heavy atom. The molecule has 1 atom stereocenters. The molecular weight excluding hydrogens is 375 g/mol. The Kier molecular flexibility index (Phi) is 5.42. The molecule has 0 spiro atoms. The number of hydrogen-bond donors (Lipinski definition) is 0. The van der Waals surface area contributed by atoms with Crippen molar-refractivity contribution in [2.24, 2.45) is 0 Å². The van der Waals surface area contributed by atoms with E-state index in [1.165, 1.54) is 0 Å². The highest BCUT2D eigenvalue weighted by Crippen LogP contribution is 2.40. The van der Waals surface area contributed by atoms with Crippen molar-refractivity contribution in [3.63, 3.8) is 0 Å². The van der Waals surface area contributed by atoms with Gasteiger partial charge < -0.3 is 9.47 Å². The lowest BCUT2D eigenvalue weighted by atomic mass is 9.99. The molecule has 2 aromatic rings. The predicted octanol–water partition coefficient (Wildman–Crippen LogP) is 5.76. The number of rotatable bonds is 4. The highest BCUT2D eigenvalue weighted by Gasteiger charge is 2.19. The Bertz CT molecular complexity index is 659. The van der Waals surface area contributed by atoms with E-state index in [0.717, 1.165) is 21.2 Å². The van der Waals surface area contributed by atoms with Gasteiger partial charge in [0.1, 0.15) is 0 Å². The Morgan fingerprint density at radius 2 is 1.62 bits per heavy atom. The highest BCUT2D eigenvalue weighted by molar-refractivity contribution is 9.10. The first-order valence-electron chi connectivity index (χ1n) is 6.29. The van der Waals surface area contributed by atoms with Gasteiger partial charge in [-0.3, -0.25) is 0 Å². The average molecular weight is 390 g/mol. The molecule has 0 amide bonds. The minimum atomic E-state index is -0.309. The van der Waals surface area contributed by atoms with Crippen molar-refractivity contribution in [2.45, 2.75) is 12.3 Å². The van der Waals surface area contributed by atoms with Crippen LogP contribution in [0.2, 0.25) is 5.02 Å². The first-order chi connectivity index (χ1) is 9.97. The molecule has 0 bridgehead atoms. The topological polar surface area (TPSA) is 18.5 Å². The summed E-state index contributed by atoms with van der Waals surface area (Å²) in [4.78, 5) is 0. The van der Waals surface area contributed by atoms with E-state index >= 15 is 0 Å². The predicted molar refractivity (Wildman–Crippen MR) is 91.1 cm³/mol. The molecule has 0 N–H and O–H groups in total. The number of halogens is 3. The normalized spacial score (nSPS) is 12.1. The number of ether oxygens (including phenoxy) is 2. The Hall–Kier alpha value is -0.900. The first kappa shape index (κ1) is 16.5. The fraction of sp³-hybridized carbons (Fsp3) is 0.250. The van der Waals surface area contributed by atoms with E-state index in [0.29, 0.717) is 16.5 Å². The van der Waals surface area contributed by atoms with Crippen molar-refractivity contribution < 1.29 is 9.47 Å². The second-order valence-electron chi connectivity index (χ2n) is 4.59. The highest BCUT2D eigenvalue weighted by atomic mass is 79.9. The Balaban J connectivity index is 2.50. The van der Waals surface area contributed by atoms with E-state index in [2.05, 4.69) is 15.9 Å². The SMILES string of the molecule is COc1cc(C)c(C(Cl)c2ccc(Cl)cc2Br)cc1OC. The zero-order valence-electron chi connectivity index (χ0n) is 11.9. The Morgan fingerprint density at radius 1 is 1.00 bits per heavy atom. The van der Waals surface area contributed by atoms with Crippen LogP contribution in [-0.4, -0.2) is 14.2 Å². The van der Waals surface area contributed by atoms with Crippen molar-refractivity contribution in [1.29, 1.82) is 0 Å². The van der Waals surface area contributed by atoms with Gasteiger partial charge in [0.25, 0.3) is 0 Å². The van der Waals surface area contributed by atoms with E-state index in [9.17, 15) is 0 Å². The van der Waals surface area contributed by atoms with E-state index < -0.39 is 0 Å². The number of methoxy groups -OCH3 is 2. The minimum absolute atomic E-state index is 0.309. The number of hydrogen-bond acceptors (Lipinski definition) is 2. The van der Waals surface area contributed by atoms with E-state index in [1.807, 2.05) is 37.3 Å². The second kappa shape index (κ2) is 6.91. The summed E-state index contributed by atoms with van der Waals surface area (Å²) in [5, 5.41) is 0.356. The maximum absolute atomic E-state index is 6.65. The summed E-state index contributed by atoms with van der Waals surface area (Å²) in [5.41, 5.74) is 2.96. The lowest BCUT2D eigenvalue weighted by Crippen LogP contribution is -2.00. The molecule has 0 aromatic heterocycles. The van der Waals surface area contributed by atoms with Crippen LogP contribution in [0.15, 0.2) is 34.8 Å². The fourth-order valence-corrected chi connectivity index (χ4v) is 3.61. The summed E-state index contributed by atoms with van der Waals surface area (Å²) in [7, 11) is 3.23. The summed E-state index contributed by atoms with van der Waals surface area (Å²) in [6.45, 7) is 2.00. The van der Waals surface area contributed by atoms with Crippen LogP contribution >= 0.6 is 39.1 Å². The minimum Gasteiger partial charge on any atom is -0.493 e. The van der Waals surface area contributed by atoms with Gasteiger partial charge in [-0.1, -0.05) is 33.6 Å². The van der Waals surface area contributed by atoms with Crippen LogP contribution in [0.25, 0.3) is 0 Å². The molecule has 5 heteroatoms. The van der Waals surface area contributed by atoms with Gasteiger partial charge in [-0.2, -0.15) is 0 Å². The van der Waals surface area contributed by atoms with Crippen molar-refractivity contribution in [3.05, 3.63) is 56.5 Å². The zero-order valence-corrected chi connectivity index (χ0v) is 15.0. The molecule has 0 fully saturated rings. The van der Waals surface area contributed by atoms with Gasteiger partial charge >= 0.3 is 0 Å². The molecule has 1 unspecified atom stereocenters. The van der Waals surface area contributed by atoms with E-state index in [1.54, 1.807) is 14.2 Å². The molecule has 112 valence electrons. The number of benzene rings is 2. The van der Waals surface area contributed by atoms with Crippen molar-refractivity contribution in [1.82, 2.24) is 0 Å². The fourth-order valence-electron chi connectivity index (χ4n) is 2.14. The van der Waals surface area contributed by atoms with Gasteiger partial charge in [-0.25, -0.2) is 0 Å². The zero-order chi connectivity index (χ0) is 15.6. The third-order valence-electron chi connectivity index (χ3n) is 3.28. The van der Waals surface area contributed by atoms with Gasteiger partial charge in [-0.15, -0.1) is 11.6 Å². The smallest absolute Gasteiger partial charge is 0.161 e. The summed E-state index contributed by atoms with van der Waals surface area (Å²) in [5.74, 6) is 1.35. The average Bonchev–Trinajstić information content (AvgIpc) is 2.46. The standard InChI is InChI=1S/C16H15BrCl2O2/c1-9-6-14(20-2)15(21-3)8-12(9)16(19)11-5-4-10(18)7-13(11)17/h4-8,16H,1-3H3. The van der Waals surface area contributed by atoms with Crippen LogP contribution in [0.3, 0.4) is 0 Å². The maximum atomic E-state index is 6.65. The Labute approximate surface area is 143 Å². The van der Waals surface area contributed by atoms with Crippen molar-refractivity contribution in [3.8, 4) is 11.5 Å². The van der Waals surface area contributed by atoms with E-state index in [4.69, 9.17) is 32.7 Å². The summed E-state index contributed by atoms with van der Waals surface area (Å²) >= 11 is 16.1. The summed E-state index contributed by atoms with van der Waals surface area (Å²) in [6.07, 6.45) is 0. The lowest BCUT2D eigenvalue weighted by Gasteiger charge is -2.18. The number of aryl methyl sites for hydroxylation is 1. The summed E-state index contributed by atoms with van der Waals surface area (Å²) in [6, 6.07) is 9.41. The van der Waals surface area contributed by atoms with Gasteiger partial charge in [0.05, 0.1) is 19.6 Å². The van der Waals surface area contributed by atoms with Crippen molar-refractivity contribution in [2.75, 3.05) is 14.2 Å².